The molecule has 2 N–H and O–H groups in total. The Morgan fingerprint density at radius 2 is 1.95 bits per heavy atom. The van der Waals surface area contributed by atoms with Crippen molar-refractivity contribution in [3.8, 4) is 0 Å². The van der Waals surface area contributed by atoms with E-state index >= 15 is 0 Å². The summed E-state index contributed by atoms with van der Waals surface area (Å²) in [5.74, 6) is 0.594. The summed E-state index contributed by atoms with van der Waals surface area (Å²) in [6.07, 6.45) is 3.49. The van der Waals surface area contributed by atoms with Crippen molar-refractivity contribution in [2.75, 3.05) is 32.9 Å². The summed E-state index contributed by atoms with van der Waals surface area (Å²) >= 11 is 0. The third-order valence-corrected chi connectivity index (χ3v) is 3.90. The van der Waals surface area contributed by atoms with Gasteiger partial charge in [0.15, 0.2) is 0 Å². The number of likely N-dealkylation sites (tertiary alicyclic amines) is 1. The van der Waals surface area contributed by atoms with Crippen LogP contribution in [0.25, 0.3) is 6.08 Å². The molecule has 0 saturated carbocycles. The molecule has 1 aliphatic heterocycles. The Bertz CT molecular complexity index is 493. The fraction of sp³-hybridized carbons (Fsp3) is 0.438. The van der Waals surface area contributed by atoms with Gasteiger partial charge in [-0.15, -0.1) is 0 Å². The topological polar surface area (TPSA) is 49.6 Å². The molecule has 2 unspecified atom stereocenters. The number of hydrogen-bond acceptors (Lipinski definition) is 3. The fourth-order valence-electron chi connectivity index (χ4n) is 2.68. The first-order valence-corrected chi connectivity index (χ1v) is 6.96. The molecular formula is C16H23N3O. The zero-order valence-electron chi connectivity index (χ0n) is 12.4. The molecule has 1 aliphatic rings. The van der Waals surface area contributed by atoms with Crippen molar-refractivity contribution in [2.24, 2.45) is 5.92 Å². The van der Waals surface area contributed by atoms with Gasteiger partial charge in [0.05, 0.1) is 0 Å². The maximum atomic E-state index is 12.2. The quantitative estimate of drug-likeness (QED) is 0.673. The number of nitrogens with zero attached hydrogens (tertiary/aromatic N) is 2. The number of likely N-dealkylation sites (N-methyl/N-ethyl adjacent to an activating group) is 1. The van der Waals surface area contributed by atoms with E-state index in [9.17, 15) is 4.79 Å². The van der Waals surface area contributed by atoms with E-state index < -0.39 is 0 Å². The Balaban J connectivity index is 1.97. The highest BCUT2D eigenvalue weighted by Gasteiger charge is 2.32. The first kappa shape index (κ1) is 14.6. The van der Waals surface area contributed by atoms with Crippen LogP contribution in [0, 0.1) is 5.92 Å². The molecular weight excluding hydrogens is 250 g/mol. The smallest absolute Gasteiger partial charge is 0.246 e. The average molecular weight is 273 g/mol. The van der Waals surface area contributed by atoms with Crippen LogP contribution >= 0.6 is 0 Å². The van der Waals surface area contributed by atoms with Crippen molar-refractivity contribution >= 4 is 17.7 Å². The lowest BCUT2D eigenvalue weighted by atomic mass is 10.1. The highest BCUT2D eigenvalue weighted by molar-refractivity contribution is 5.92. The van der Waals surface area contributed by atoms with Crippen LogP contribution in [0.2, 0.25) is 0 Å². The van der Waals surface area contributed by atoms with Crippen LogP contribution in [0.5, 0.6) is 0 Å². The summed E-state index contributed by atoms with van der Waals surface area (Å²) in [7, 11) is 4.14. The Labute approximate surface area is 120 Å². The van der Waals surface area contributed by atoms with Gasteiger partial charge in [-0.3, -0.25) is 4.79 Å². The Kier molecular flexibility index (Phi) is 4.45. The number of carbonyl (C=O) groups is 1. The van der Waals surface area contributed by atoms with E-state index in [1.165, 1.54) is 0 Å². The number of carbonyl (C=O) groups excluding carboxylic acids is 1. The van der Waals surface area contributed by atoms with Crippen molar-refractivity contribution in [2.45, 2.75) is 13.0 Å². The standard InChI is InChI=1S/C16H23N3O/c1-12-10-19(11-15(12)18(2)3)16(20)9-6-13-4-7-14(17)8-5-13/h4-9,12,15H,10-11,17H2,1-3H3/b9-6+. The van der Waals surface area contributed by atoms with Crippen LogP contribution in [0.1, 0.15) is 12.5 Å². The molecule has 2 rings (SSSR count). The molecule has 1 aromatic rings. The molecule has 4 heteroatoms. The molecule has 1 aromatic carbocycles. The second-order valence-electron chi connectivity index (χ2n) is 5.75. The fourth-order valence-corrected chi connectivity index (χ4v) is 2.68. The van der Waals surface area contributed by atoms with Crippen molar-refractivity contribution < 1.29 is 4.79 Å². The van der Waals surface area contributed by atoms with E-state index in [0.717, 1.165) is 24.3 Å². The van der Waals surface area contributed by atoms with Gasteiger partial charge in [-0.2, -0.15) is 0 Å². The number of rotatable bonds is 3. The molecule has 1 fully saturated rings. The van der Waals surface area contributed by atoms with Crippen molar-refractivity contribution in [3.05, 3.63) is 35.9 Å². The van der Waals surface area contributed by atoms with Crippen LogP contribution in [0.4, 0.5) is 5.69 Å². The number of amides is 1. The minimum Gasteiger partial charge on any atom is -0.399 e. The molecule has 4 nitrogen and oxygen atoms in total. The van der Waals surface area contributed by atoms with Crippen LogP contribution < -0.4 is 5.73 Å². The van der Waals surface area contributed by atoms with E-state index in [4.69, 9.17) is 5.73 Å². The summed E-state index contributed by atoms with van der Waals surface area (Å²) < 4.78 is 0. The minimum absolute atomic E-state index is 0.0815. The lowest BCUT2D eigenvalue weighted by molar-refractivity contribution is -0.125. The van der Waals surface area contributed by atoms with E-state index in [1.54, 1.807) is 6.08 Å². The summed E-state index contributed by atoms with van der Waals surface area (Å²) in [6, 6.07) is 7.95. The average Bonchev–Trinajstić information content (AvgIpc) is 2.80. The van der Waals surface area contributed by atoms with Gasteiger partial charge in [0, 0.05) is 30.9 Å². The lowest BCUT2D eigenvalue weighted by Crippen LogP contribution is -2.35. The van der Waals surface area contributed by atoms with E-state index in [1.807, 2.05) is 35.2 Å². The molecule has 2 atom stereocenters. The predicted octanol–water partition coefficient (Wildman–Crippen LogP) is 1.69. The Hall–Kier alpha value is -1.81. The summed E-state index contributed by atoms with van der Waals surface area (Å²) in [5, 5.41) is 0. The molecule has 1 amide bonds. The number of benzene rings is 1. The number of nitrogen functional groups attached to an aromatic ring is 1. The summed E-state index contributed by atoms with van der Waals surface area (Å²) in [5.41, 5.74) is 7.36. The maximum absolute atomic E-state index is 12.2. The molecule has 0 bridgehead atoms. The molecule has 0 radical (unpaired) electrons. The van der Waals surface area contributed by atoms with Crippen LogP contribution in [0.15, 0.2) is 30.3 Å². The van der Waals surface area contributed by atoms with Gasteiger partial charge in [-0.05, 0) is 43.8 Å². The molecule has 20 heavy (non-hydrogen) atoms. The first-order valence-electron chi connectivity index (χ1n) is 6.96. The lowest BCUT2D eigenvalue weighted by Gasteiger charge is -2.22. The molecule has 1 saturated heterocycles. The summed E-state index contributed by atoms with van der Waals surface area (Å²) in [6.45, 7) is 3.83. The van der Waals surface area contributed by atoms with E-state index in [0.29, 0.717) is 12.0 Å². The third-order valence-electron chi connectivity index (χ3n) is 3.90. The third kappa shape index (κ3) is 3.39. The molecule has 0 spiro atoms. The monoisotopic (exact) mass is 273 g/mol. The number of anilines is 1. The zero-order chi connectivity index (χ0) is 14.7. The highest BCUT2D eigenvalue weighted by Crippen LogP contribution is 2.20. The second kappa shape index (κ2) is 6.09. The SMILES string of the molecule is CC1CN(C(=O)/C=C/c2ccc(N)cc2)CC1N(C)C. The molecule has 1 heterocycles. The van der Waals surface area contributed by atoms with Crippen LogP contribution in [0.3, 0.4) is 0 Å². The summed E-state index contributed by atoms with van der Waals surface area (Å²) in [4.78, 5) is 16.3. The molecule has 0 aromatic heterocycles. The van der Waals surface area contributed by atoms with Gasteiger partial charge >= 0.3 is 0 Å². The largest absolute Gasteiger partial charge is 0.399 e. The van der Waals surface area contributed by atoms with Gasteiger partial charge in [0.25, 0.3) is 0 Å². The van der Waals surface area contributed by atoms with Gasteiger partial charge in [0.1, 0.15) is 0 Å². The van der Waals surface area contributed by atoms with Crippen molar-refractivity contribution in [1.29, 1.82) is 0 Å². The van der Waals surface area contributed by atoms with Gasteiger partial charge in [-0.1, -0.05) is 19.1 Å². The van der Waals surface area contributed by atoms with E-state index in [-0.39, 0.29) is 5.91 Å². The Morgan fingerprint density at radius 1 is 1.30 bits per heavy atom. The first-order chi connectivity index (χ1) is 9.47. The van der Waals surface area contributed by atoms with Crippen LogP contribution in [-0.4, -0.2) is 48.9 Å². The second-order valence-corrected chi connectivity index (χ2v) is 5.75. The highest BCUT2D eigenvalue weighted by atomic mass is 16.2. The number of nitrogens with two attached hydrogens (primary N) is 1. The van der Waals surface area contributed by atoms with Crippen LogP contribution in [-0.2, 0) is 4.79 Å². The Morgan fingerprint density at radius 3 is 2.50 bits per heavy atom. The minimum atomic E-state index is 0.0815. The maximum Gasteiger partial charge on any atom is 0.246 e. The van der Waals surface area contributed by atoms with Gasteiger partial charge in [-0.25, -0.2) is 0 Å². The number of hydrogen-bond donors (Lipinski definition) is 1. The normalized spacial score (nSPS) is 22.9. The zero-order valence-corrected chi connectivity index (χ0v) is 12.4. The molecule has 108 valence electrons. The van der Waals surface area contributed by atoms with Gasteiger partial charge in [0.2, 0.25) is 5.91 Å². The van der Waals surface area contributed by atoms with Gasteiger partial charge < -0.3 is 15.5 Å². The van der Waals surface area contributed by atoms with Crippen molar-refractivity contribution in [3.63, 3.8) is 0 Å². The van der Waals surface area contributed by atoms with Crippen molar-refractivity contribution in [1.82, 2.24) is 9.80 Å². The van der Waals surface area contributed by atoms with E-state index in [2.05, 4.69) is 25.9 Å². The molecule has 0 aliphatic carbocycles. The predicted molar refractivity (Wildman–Crippen MR) is 83.1 cm³/mol.